The van der Waals surface area contributed by atoms with E-state index >= 15 is 0 Å². The number of carbonyl (C=O) groups is 1. The number of carbonyl (C=O) groups excluding carboxylic acids is 1. The van der Waals surface area contributed by atoms with E-state index in [1.807, 2.05) is 31.3 Å². The quantitative estimate of drug-likeness (QED) is 0.710. The molecule has 4 rings (SSSR count). The molecule has 1 N–H and O–H groups in total. The fourth-order valence-electron chi connectivity index (χ4n) is 3.25. The van der Waals surface area contributed by atoms with Crippen LogP contribution in [0.2, 0.25) is 0 Å². The molecular weight excluding hydrogens is 344 g/mol. The van der Waals surface area contributed by atoms with E-state index in [1.54, 1.807) is 0 Å². The molecule has 1 fully saturated rings. The summed E-state index contributed by atoms with van der Waals surface area (Å²) in [5, 5.41) is 0. The monoisotopic (exact) mass is 366 g/mol. The van der Waals surface area contributed by atoms with E-state index in [1.165, 1.54) is 6.92 Å². The van der Waals surface area contributed by atoms with E-state index in [9.17, 15) is 4.79 Å². The molecule has 1 saturated heterocycles. The lowest BCUT2D eigenvalue weighted by Crippen LogP contribution is -2.44. The topological polar surface area (TPSA) is 87.2 Å². The molecule has 3 aromatic heterocycles. The molecule has 0 aliphatic carbocycles. The highest BCUT2D eigenvalue weighted by atomic mass is 16.5. The van der Waals surface area contributed by atoms with Crippen LogP contribution in [0.3, 0.4) is 0 Å². The van der Waals surface area contributed by atoms with Gasteiger partial charge < -0.3 is 19.5 Å². The van der Waals surface area contributed by atoms with Gasteiger partial charge in [-0.15, -0.1) is 0 Å². The highest BCUT2D eigenvalue weighted by molar-refractivity contribution is 5.79. The van der Waals surface area contributed by atoms with Crippen molar-refractivity contribution in [3.63, 3.8) is 0 Å². The number of aromatic nitrogens is 4. The van der Waals surface area contributed by atoms with E-state index in [-0.39, 0.29) is 6.01 Å². The number of ether oxygens (including phenoxy) is 1. The van der Waals surface area contributed by atoms with Gasteiger partial charge in [-0.3, -0.25) is 4.79 Å². The van der Waals surface area contributed by atoms with Crippen LogP contribution in [-0.2, 0) is 4.79 Å². The van der Waals surface area contributed by atoms with Crippen LogP contribution in [0.25, 0.3) is 22.4 Å². The fraction of sp³-hybridized carbons (Fsp3) is 0.368. The van der Waals surface area contributed by atoms with Crippen LogP contribution in [0.4, 0.5) is 5.82 Å². The smallest absolute Gasteiger partial charge is 0.310 e. The van der Waals surface area contributed by atoms with Crippen molar-refractivity contribution < 1.29 is 9.53 Å². The first-order valence-electron chi connectivity index (χ1n) is 8.95. The van der Waals surface area contributed by atoms with E-state index in [0.29, 0.717) is 5.65 Å². The Morgan fingerprint density at radius 3 is 2.63 bits per heavy atom. The highest BCUT2D eigenvalue weighted by Crippen LogP contribution is 2.26. The van der Waals surface area contributed by atoms with Crippen molar-refractivity contribution in [2.45, 2.75) is 13.8 Å². The third-order valence-corrected chi connectivity index (χ3v) is 4.73. The zero-order valence-electron chi connectivity index (χ0n) is 15.7. The van der Waals surface area contributed by atoms with Crippen LogP contribution in [0.15, 0.2) is 24.4 Å². The Balaban J connectivity index is 1.61. The minimum Gasteiger partial charge on any atom is -0.392 e. The van der Waals surface area contributed by atoms with Gasteiger partial charge in [-0.25, -0.2) is 9.97 Å². The molecule has 27 heavy (non-hydrogen) atoms. The average Bonchev–Trinajstić information content (AvgIpc) is 3.02. The molecule has 0 saturated carbocycles. The molecule has 0 bridgehead atoms. The number of imidazole rings is 1. The number of anilines is 1. The van der Waals surface area contributed by atoms with E-state index in [0.717, 1.165) is 54.3 Å². The molecule has 0 amide bonds. The molecular formula is C19H22N6O2. The van der Waals surface area contributed by atoms with Crippen LogP contribution < -0.4 is 9.64 Å². The zero-order valence-corrected chi connectivity index (χ0v) is 15.7. The first kappa shape index (κ1) is 17.4. The Morgan fingerprint density at radius 1 is 1.19 bits per heavy atom. The summed E-state index contributed by atoms with van der Waals surface area (Å²) < 4.78 is 5.01. The Morgan fingerprint density at radius 2 is 1.96 bits per heavy atom. The second-order valence-corrected chi connectivity index (χ2v) is 6.86. The van der Waals surface area contributed by atoms with Crippen LogP contribution in [0, 0.1) is 6.92 Å². The largest absolute Gasteiger partial charge is 0.392 e. The number of rotatable bonds is 3. The molecule has 140 valence electrons. The van der Waals surface area contributed by atoms with E-state index in [2.05, 4.69) is 36.8 Å². The Hall–Kier alpha value is -3.00. The third-order valence-electron chi connectivity index (χ3n) is 4.73. The first-order chi connectivity index (χ1) is 13.0. The number of aromatic amines is 1. The molecule has 8 heteroatoms. The lowest BCUT2D eigenvalue weighted by Gasteiger charge is -2.33. The van der Waals surface area contributed by atoms with Gasteiger partial charge in [0.05, 0.1) is 11.2 Å². The SMILES string of the molecule is CC(=O)Oc1nc2nc(-c3ccc(N4CCN(C)CC4)nc3)c(C)cc2[nH]1. The number of likely N-dealkylation sites (N-methyl/N-ethyl adjacent to an activating group) is 1. The van der Waals surface area contributed by atoms with Crippen LogP contribution >= 0.6 is 0 Å². The summed E-state index contributed by atoms with van der Waals surface area (Å²) in [6.45, 7) is 7.39. The summed E-state index contributed by atoms with van der Waals surface area (Å²) in [7, 11) is 2.14. The summed E-state index contributed by atoms with van der Waals surface area (Å²) in [6, 6.07) is 6.19. The highest BCUT2D eigenvalue weighted by Gasteiger charge is 2.16. The molecule has 0 atom stereocenters. The second kappa shape index (κ2) is 6.96. The van der Waals surface area contributed by atoms with Crippen molar-refractivity contribution in [2.75, 3.05) is 38.1 Å². The number of hydrogen-bond acceptors (Lipinski definition) is 7. The van der Waals surface area contributed by atoms with Crippen molar-refractivity contribution in [1.29, 1.82) is 0 Å². The van der Waals surface area contributed by atoms with Gasteiger partial charge in [-0.2, -0.15) is 4.98 Å². The van der Waals surface area contributed by atoms with Crippen molar-refractivity contribution >= 4 is 23.0 Å². The molecule has 0 unspecified atom stereocenters. The van der Waals surface area contributed by atoms with Gasteiger partial charge in [0.15, 0.2) is 5.65 Å². The minimum atomic E-state index is -0.422. The molecule has 1 aliphatic rings. The number of aryl methyl sites for hydroxylation is 1. The predicted octanol–water partition coefficient (Wildman–Crippen LogP) is 2.01. The second-order valence-electron chi connectivity index (χ2n) is 6.86. The van der Waals surface area contributed by atoms with Crippen LogP contribution in [0.1, 0.15) is 12.5 Å². The number of pyridine rings is 2. The molecule has 1 aliphatic heterocycles. The molecule has 3 aromatic rings. The number of fused-ring (bicyclic) bond motifs is 1. The summed E-state index contributed by atoms with van der Waals surface area (Å²) >= 11 is 0. The Kier molecular flexibility index (Phi) is 4.49. The number of piperazine rings is 1. The number of hydrogen-bond donors (Lipinski definition) is 1. The fourth-order valence-corrected chi connectivity index (χ4v) is 3.25. The van der Waals surface area contributed by atoms with Gasteiger partial charge in [0, 0.05) is 44.9 Å². The maximum Gasteiger partial charge on any atom is 0.310 e. The lowest BCUT2D eigenvalue weighted by atomic mass is 10.1. The summed E-state index contributed by atoms with van der Waals surface area (Å²) in [5.41, 5.74) is 3.99. The number of H-pyrrole nitrogens is 1. The van der Waals surface area contributed by atoms with Gasteiger partial charge >= 0.3 is 12.0 Å². The van der Waals surface area contributed by atoms with Gasteiger partial charge in [-0.05, 0) is 37.7 Å². The molecule has 8 nitrogen and oxygen atoms in total. The summed E-state index contributed by atoms with van der Waals surface area (Å²) in [6.07, 6.45) is 1.86. The van der Waals surface area contributed by atoms with Crippen LogP contribution in [-0.4, -0.2) is 64.0 Å². The van der Waals surface area contributed by atoms with Crippen molar-refractivity contribution in [3.8, 4) is 17.3 Å². The first-order valence-corrected chi connectivity index (χ1v) is 8.95. The summed E-state index contributed by atoms with van der Waals surface area (Å²) in [4.78, 5) is 32.2. The zero-order chi connectivity index (χ0) is 19.0. The van der Waals surface area contributed by atoms with Gasteiger partial charge in [0.25, 0.3) is 0 Å². The molecule has 0 spiro atoms. The van der Waals surface area contributed by atoms with E-state index in [4.69, 9.17) is 4.74 Å². The van der Waals surface area contributed by atoms with Crippen molar-refractivity contribution in [1.82, 2.24) is 24.8 Å². The van der Waals surface area contributed by atoms with Gasteiger partial charge in [-0.1, -0.05) is 0 Å². The third kappa shape index (κ3) is 3.61. The lowest BCUT2D eigenvalue weighted by molar-refractivity contribution is -0.132. The maximum absolute atomic E-state index is 11.1. The Bertz CT molecular complexity index is 974. The standard InChI is InChI=1S/C19H22N6O2/c1-12-10-15-18(23-19(21-15)27-13(2)26)22-17(12)14-4-5-16(20-11-14)25-8-6-24(3)7-9-25/h4-5,10-11H,6-9H2,1-3H3,(H,21,22,23). The molecule has 0 radical (unpaired) electrons. The Labute approximate surface area is 157 Å². The number of esters is 1. The van der Waals surface area contributed by atoms with Crippen LogP contribution in [0.5, 0.6) is 6.01 Å². The number of nitrogens with one attached hydrogen (secondary N) is 1. The van der Waals surface area contributed by atoms with Gasteiger partial charge in [0.1, 0.15) is 5.82 Å². The van der Waals surface area contributed by atoms with Crippen molar-refractivity contribution in [2.24, 2.45) is 0 Å². The van der Waals surface area contributed by atoms with Gasteiger partial charge in [0.2, 0.25) is 0 Å². The predicted molar refractivity (Wildman–Crippen MR) is 103 cm³/mol. The molecule has 4 heterocycles. The van der Waals surface area contributed by atoms with Crippen molar-refractivity contribution in [3.05, 3.63) is 30.0 Å². The maximum atomic E-state index is 11.1. The average molecular weight is 366 g/mol. The summed E-state index contributed by atoms with van der Waals surface area (Å²) in [5.74, 6) is 0.567. The number of nitrogens with zero attached hydrogens (tertiary/aromatic N) is 5. The minimum absolute atomic E-state index is 0.157. The van der Waals surface area contributed by atoms with E-state index < -0.39 is 5.97 Å². The molecule has 0 aromatic carbocycles. The normalized spacial score (nSPS) is 15.3.